The molecule has 1 aliphatic rings. The van der Waals surface area contributed by atoms with E-state index >= 15 is 0 Å². The first-order valence-corrected chi connectivity index (χ1v) is 10.3. The van der Waals surface area contributed by atoms with Crippen LogP contribution in [0, 0.1) is 17.5 Å². The minimum absolute atomic E-state index is 0.0786. The molecule has 0 atom stereocenters. The first-order valence-electron chi connectivity index (χ1n) is 8.80. The second-order valence-electron chi connectivity index (χ2n) is 6.65. The Morgan fingerprint density at radius 1 is 0.852 bits per heavy atom. The molecule has 146 valence electrons. The first-order chi connectivity index (χ1) is 12.9. The van der Waals surface area contributed by atoms with E-state index in [0.717, 1.165) is 25.2 Å². The van der Waals surface area contributed by atoms with Crippen LogP contribution in [0.3, 0.4) is 0 Å². The summed E-state index contributed by atoms with van der Waals surface area (Å²) < 4.78 is 66.5. The Balaban J connectivity index is 1.63. The summed E-state index contributed by atoms with van der Waals surface area (Å²) in [7, 11) is -4.30. The summed E-state index contributed by atoms with van der Waals surface area (Å²) in [5.41, 5.74) is 1.82. The van der Waals surface area contributed by atoms with Crippen LogP contribution in [-0.4, -0.2) is 26.4 Å². The second kappa shape index (κ2) is 8.41. The van der Waals surface area contributed by atoms with Crippen LogP contribution in [0.25, 0.3) is 0 Å². The average Bonchev–Trinajstić information content (AvgIpc) is 2.66. The summed E-state index contributed by atoms with van der Waals surface area (Å²) in [6.07, 6.45) is 3.69. The fourth-order valence-corrected chi connectivity index (χ4v) is 4.19. The summed E-state index contributed by atoms with van der Waals surface area (Å²) >= 11 is 0. The molecular weight excluding hydrogens is 377 g/mol. The van der Waals surface area contributed by atoms with E-state index in [1.54, 1.807) is 12.1 Å². The van der Waals surface area contributed by atoms with E-state index in [9.17, 15) is 21.6 Å². The van der Waals surface area contributed by atoms with Crippen LogP contribution in [-0.2, 0) is 23.1 Å². The molecule has 1 saturated heterocycles. The molecule has 0 aromatic heterocycles. The van der Waals surface area contributed by atoms with Crippen LogP contribution in [0.1, 0.15) is 30.4 Å². The third-order valence-electron chi connectivity index (χ3n) is 4.63. The molecule has 0 radical (unpaired) electrons. The Bertz CT molecular complexity index is 896. The quantitative estimate of drug-likeness (QED) is 0.757. The zero-order valence-electron chi connectivity index (χ0n) is 14.7. The number of nitrogens with zero attached hydrogens (tertiary/aromatic N) is 1. The molecular formula is C19H21F3N2O2S. The number of likely N-dealkylation sites (tertiary alicyclic amines) is 1. The fourth-order valence-electron chi connectivity index (χ4n) is 3.11. The van der Waals surface area contributed by atoms with Crippen molar-refractivity contribution in [3.63, 3.8) is 0 Å². The number of piperidine rings is 1. The normalized spacial score (nSPS) is 15.8. The van der Waals surface area contributed by atoms with Crippen molar-refractivity contribution in [1.29, 1.82) is 0 Å². The molecule has 0 saturated carbocycles. The minimum atomic E-state index is -4.30. The maximum absolute atomic E-state index is 13.7. The van der Waals surface area contributed by atoms with Crippen LogP contribution in [0.4, 0.5) is 13.2 Å². The van der Waals surface area contributed by atoms with E-state index in [0.29, 0.717) is 17.7 Å². The summed E-state index contributed by atoms with van der Waals surface area (Å²) in [4.78, 5) is 1.47. The molecule has 2 aromatic rings. The van der Waals surface area contributed by atoms with Gasteiger partial charge in [0.15, 0.2) is 17.5 Å². The number of benzene rings is 2. The van der Waals surface area contributed by atoms with Gasteiger partial charge >= 0.3 is 0 Å². The maximum Gasteiger partial charge on any atom is 0.243 e. The van der Waals surface area contributed by atoms with Crippen molar-refractivity contribution in [2.75, 3.05) is 13.1 Å². The van der Waals surface area contributed by atoms with Crippen molar-refractivity contribution < 1.29 is 21.6 Å². The highest BCUT2D eigenvalue weighted by atomic mass is 32.2. The van der Waals surface area contributed by atoms with Crippen molar-refractivity contribution in [2.24, 2.45) is 0 Å². The van der Waals surface area contributed by atoms with Crippen LogP contribution in [0.5, 0.6) is 0 Å². The van der Waals surface area contributed by atoms with Gasteiger partial charge in [0.25, 0.3) is 0 Å². The van der Waals surface area contributed by atoms with Gasteiger partial charge in [-0.1, -0.05) is 30.7 Å². The van der Waals surface area contributed by atoms with Crippen LogP contribution >= 0.6 is 0 Å². The van der Waals surface area contributed by atoms with Gasteiger partial charge in [-0.15, -0.1) is 0 Å². The Morgan fingerprint density at radius 2 is 1.48 bits per heavy atom. The number of halogens is 3. The van der Waals surface area contributed by atoms with Crippen LogP contribution < -0.4 is 4.72 Å². The van der Waals surface area contributed by atoms with Crippen molar-refractivity contribution in [3.8, 4) is 0 Å². The number of nitrogens with one attached hydrogen (secondary N) is 1. The molecule has 27 heavy (non-hydrogen) atoms. The van der Waals surface area contributed by atoms with Gasteiger partial charge in [0.1, 0.15) is 4.90 Å². The van der Waals surface area contributed by atoms with Crippen molar-refractivity contribution in [1.82, 2.24) is 9.62 Å². The number of hydrogen-bond acceptors (Lipinski definition) is 3. The Labute approximate surface area is 157 Å². The fraction of sp³-hybridized carbons (Fsp3) is 0.368. The lowest BCUT2D eigenvalue weighted by Gasteiger charge is -2.26. The molecule has 0 amide bonds. The summed E-state index contributed by atoms with van der Waals surface area (Å²) in [6, 6.07) is 8.74. The second-order valence-corrected chi connectivity index (χ2v) is 8.39. The molecule has 8 heteroatoms. The molecule has 1 N–H and O–H groups in total. The molecule has 0 spiro atoms. The Kier molecular flexibility index (Phi) is 6.18. The lowest BCUT2D eigenvalue weighted by molar-refractivity contribution is 0.221. The lowest BCUT2D eigenvalue weighted by atomic mass is 10.1. The van der Waals surface area contributed by atoms with Crippen molar-refractivity contribution in [3.05, 3.63) is 65.0 Å². The van der Waals surface area contributed by atoms with Gasteiger partial charge in [0.05, 0.1) is 0 Å². The van der Waals surface area contributed by atoms with Gasteiger partial charge in [0.2, 0.25) is 10.0 Å². The number of sulfonamides is 1. The topological polar surface area (TPSA) is 49.4 Å². The molecule has 0 unspecified atom stereocenters. The monoisotopic (exact) mass is 398 g/mol. The molecule has 4 nitrogen and oxygen atoms in total. The van der Waals surface area contributed by atoms with Gasteiger partial charge in [-0.3, -0.25) is 4.90 Å². The van der Waals surface area contributed by atoms with E-state index in [1.165, 1.54) is 19.3 Å². The minimum Gasteiger partial charge on any atom is -0.299 e. The third-order valence-corrected chi connectivity index (χ3v) is 6.05. The standard InChI is InChI=1S/C19H21F3N2O2S/c20-16-8-9-17(19(22)18(16)21)27(25,26)23-12-14-4-6-15(7-5-14)13-24-10-2-1-3-11-24/h4-9,23H,1-3,10-13H2. The Morgan fingerprint density at radius 3 is 2.15 bits per heavy atom. The predicted molar refractivity (Wildman–Crippen MR) is 95.9 cm³/mol. The average molecular weight is 398 g/mol. The SMILES string of the molecule is O=S(=O)(NCc1ccc(CN2CCCCC2)cc1)c1ccc(F)c(F)c1F. The zero-order chi connectivity index (χ0) is 19.4. The van der Waals surface area contributed by atoms with E-state index < -0.39 is 32.4 Å². The molecule has 1 fully saturated rings. The van der Waals surface area contributed by atoms with Crippen molar-refractivity contribution >= 4 is 10.0 Å². The smallest absolute Gasteiger partial charge is 0.243 e. The number of rotatable bonds is 6. The van der Waals surface area contributed by atoms with Crippen LogP contribution in [0.2, 0.25) is 0 Å². The van der Waals surface area contributed by atoms with Gasteiger partial charge in [0, 0.05) is 13.1 Å². The van der Waals surface area contributed by atoms with Gasteiger partial charge < -0.3 is 0 Å². The van der Waals surface area contributed by atoms with Crippen molar-refractivity contribution in [2.45, 2.75) is 37.2 Å². The third kappa shape index (κ3) is 4.88. The van der Waals surface area contributed by atoms with Crippen LogP contribution in [0.15, 0.2) is 41.3 Å². The molecule has 1 aliphatic heterocycles. The molecule has 1 heterocycles. The zero-order valence-corrected chi connectivity index (χ0v) is 15.5. The molecule has 3 rings (SSSR count). The molecule has 0 bridgehead atoms. The summed E-state index contributed by atoms with van der Waals surface area (Å²) in [6.45, 7) is 2.94. The highest BCUT2D eigenvalue weighted by Crippen LogP contribution is 2.20. The van der Waals surface area contributed by atoms with Gasteiger partial charge in [-0.05, 0) is 49.2 Å². The highest BCUT2D eigenvalue weighted by Gasteiger charge is 2.23. The van der Waals surface area contributed by atoms with E-state index in [1.807, 2.05) is 12.1 Å². The van der Waals surface area contributed by atoms with Gasteiger partial charge in [-0.2, -0.15) is 0 Å². The number of hydrogen-bond donors (Lipinski definition) is 1. The largest absolute Gasteiger partial charge is 0.299 e. The predicted octanol–water partition coefficient (Wildman–Crippen LogP) is 3.57. The van der Waals surface area contributed by atoms with E-state index in [4.69, 9.17) is 0 Å². The highest BCUT2D eigenvalue weighted by molar-refractivity contribution is 7.89. The van der Waals surface area contributed by atoms with Gasteiger partial charge in [-0.25, -0.2) is 26.3 Å². The first kappa shape index (κ1) is 19.9. The molecule has 2 aromatic carbocycles. The lowest BCUT2D eigenvalue weighted by Crippen LogP contribution is -2.29. The molecule has 0 aliphatic carbocycles. The summed E-state index contributed by atoms with van der Waals surface area (Å²) in [5, 5.41) is 0. The van der Waals surface area contributed by atoms with E-state index in [-0.39, 0.29) is 6.54 Å². The Hall–Kier alpha value is -1.90. The summed E-state index contributed by atoms with van der Waals surface area (Å²) in [5.74, 6) is -4.96. The maximum atomic E-state index is 13.7. The van der Waals surface area contributed by atoms with E-state index in [2.05, 4.69) is 9.62 Å².